The third-order valence-electron chi connectivity index (χ3n) is 17.8. The van der Waals surface area contributed by atoms with Crippen LogP contribution in [0.15, 0.2) is 261 Å². The highest BCUT2D eigenvalue weighted by atomic mass is 15.2. The van der Waals surface area contributed by atoms with Crippen molar-refractivity contribution in [3.05, 3.63) is 306 Å². The van der Waals surface area contributed by atoms with E-state index in [2.05, 4.69) is 275 Å². The van der Waals surface area contributed by atoms with Crippen LogP contribution in [0.2, 0.25) is 0 Å². The molecule has 0 saturated carbocycles. The molecule has 5 heterocycles. The summed E-state index contributed by atoms with van der Waals surface area (Å²) in [5.41, 5.74) is 25.1. The lowest BCUT2D eigenvalue weighted by Crippen LogP contribution is -2.37. The van der Waals surface area contributed by atoms with Crippen molar-refractivity contribution in [2.24, 2.45) is 0 Å². The Bertz CT molecular complexity index is 4590. The second-order valence-corrected chi connectivity index (χ2v) is 21.2. The van der Waals surface area contributed by atoms with Gasteiger partial charge in [0.1, 0.15) is 0 Å². The summed E-state index contributed by atoms with van der Waals surface area (Å²) >= 11 is 0. The molecule has 0 amide bonds. The quantitative estimate of drug-likeness (QED) is 0.177. The van der Waals surface area contributed by atoms with Crippen molar-refractivity contribution in [2.75, 3.05) is 4.90 Å². The lowest BCUT2D eigenvalue weighted by atomic mass is 9.63. The molecule has 4 aromatic heterocycles. The van der Waals surface area contributed by atoms with Gasteiger partial charge < -0.3 is 14.0 Å². The molecular weight excluding hydrogens is 935 g/mol. The predicted octanol–water partition coefficient (Wildman–Crippen LogP) is 17.2. The van der Waals surface area contributed by atoms with E-state index < -0.39 is 10.8 Å². The van der Waals surface area contributed by atoms with E-state index in [1.54, 1.807) is 0 Å². The number of rotatable bonds is 3. The van der Waals surface area contributed by atoms with Gasteiger partial charge in [0.2, 0.25) is 0 Å². The van der Waals surface area contributed by atoms with Crippen LogP contribution in [0.1, 0.15) is 44.5 Å². The molecule has 5 nitrogen and oxygen atoms in total. The minimum absolute atomic E-state index is 0.553. The summed E-state index contributed by atoms with van der Waals surface area (Å²) < 4.78 is 4.82. The molecule has 356 valence electrons. The molecule has 0 atom stereocenters. The average molecular weight is 978 g/mol. The number of para-hydroxylation sites is 6. The van der Waals surface area contributed by atoms with Gasteiger partial charge in [0, 0.05) is 38.4 Å². The van der Waals surface area contributed by atoms with E-state index in [4.69, 9.17) is 9.97 Å². The third-order valence-corrected chi connectivity index (χ3v) is 17.8. The third kappa shape index (κ3) is 5.00. The van der Waals surface area contributed by atoms with E-state index in [0.29, 0.717) is 0 Å². The van der Waals surface area contributed by atoms with Crippen molar-refractivity contribution in [3.8, 4) is 45.0 Å². The lowest BCUT2D eigenvalue weighted by molar-refractivity contribution is 0.742. The van der Waals surface area contributed by atoms with Crippen LogP contribution in [-0.4, -0.2) is 19.1 Å². The Morgan fingerprint density at radius 3 is 1.14 bits per heavy atom. The smallest absolute Gasteiger partial charge is 0.0939 e. The summed E-state index contributed by atoms with van der Waals surface area (Å²) in [6, 6.07) is 92.7. The maximum atomic E-state index is 5.65. The van der Waals surface area contributed by atoms with Crippen LogP contribution in [0, 0.1) is 0 Å². The van der Waals surface area contributed by atoms with Crippen LogP contribution in [-0.2, 0) is 10.8 Å². The van der Waals surface area contributed by atoms with E-state index in [0.717, 1.165) is 73.0 Å². The zero-order valence-electron chi connectivity index (χ0n) is 41.6. The van der Waals surface area contributed by atoms with Crippen LogP contribution in [0.25, 0.3) is 88.6 Å². The second kappa shape index (κ2) is 14.8. The molecule has 18 rings (SSSR count). The first-order valence-corrected chi connectivity index (χ1v) is 26.6. The molecular formula is C72H43N5. The van der Waals surface area contributed by atoms with Gasteiger partial charge in [0.25, 0.3) is 0 Å². The Kier molecular flexibility index (Phi) is 7.94. The number of anilines is 3. The number of pyridine rings is 2. The Hall–Kier alpha value is -10.1. The molecule has 0 bridgehead atoms. The number of hydrogen-bond acceptors (Lipinski definition) is 3. The van der Waals surface area contributed by atoms with Gasteiger partial charge in [-0.1, -0.05) is 182 Å². The summed E-state index contributed by atoms with van der Waals surface area (Å²) in [5, 5.41) is 4.85. The molecule has 0 unspecified atom stereocenters. The number of aromatic nitrogens is 4. The molecule has 0 N–H and O–H groups in total. The van der Waals surface area contributed by atoms with Gasteiger partial charge in [-0.05, 0) is 122 Å². The van der Waals surface area contributed by atoms with Gasteiger partial charge in [-0.3, -0.25) is 9.97 Å². The molecule has 3 aliphatic carbocycles. The molecule has 0 radical (unpaired) electrons. The van der Waals surface area contributed by atoms with Gasteiger partial charge in [-0.25, -0.2) is 0 Å². The maximum Gasteiger partial charge on any atom is 0.0939 e. The first kappa shape index (κ1) is 41.3. The van der Waals surface area contributed by atoms with E-state index in [9.17, 15) is 0 Å². The Morgan fingerprint density at radius 2 is 0.649 bits per heavy atom. The highest BCUT2D eigenvalue weighted by Gasteiger charge is 2.57. The van der Waals surface area contributed by atoms with E-state index >= 15 is 0 Å². The molecule has 14 aromatic rings. The highest BCUT2D eigenvalue weighted by molar-refractivity contribution is 6.11. The van der Waals surface area contributed by atoms with E-state index in [1.165, 1.54) is 77.2 Å². The number of hydrogen-bond donors (Lipinski definition) is 0. The van der Waals surface area contributed by atoms with Gasteiger partial charge in [-0.2, -0.15) is 0 Å². The van der Waals surface area contributed by atoms with Crippen molar-refractivity contribution in [2.45, 2.75) is 10.8 Å². The largest absolute Gasteiger partial charge is 0.310 e. The molecule has 1 aliphatic heterocycles. The summed E-state index contributed by atoms with van der Waals surface area (Å²) in [6.45, 7) is 0. The first-order valence-electron chi connectivity index (χ1n) is 26.6. The minimum Gasteiger partial charge on any atom is -0.310 e. The van der Waals surface area contributed by atoms with Crippen LogP contribution in [0.5, 0.6) is 0 Å². The lowest BCUT2D eigenvalue weighted by Gasteiger charge is -2.45. The number of nitrogens with zero attached hydrogens (tertiary/aromatic N) is 5. The standard InChI is InChI=1S/C72H43N5/c1-2-20-44(21-3-1)75-67-37-19-14-32-58(67)72(60-40-54-49-24-6-13-31-57(49)71(59(54)41-68(60)75)55-29-11-4-22-47(55)48-23-5-12-30-56(48)71)61-38-45(76-63-33-15-7-25-50(63)51-26-8-16-34-64(51)76)42-73-69(61)70-62(72)39-46(43-74-70)77-65-35-17-9-27-52(65)53-28-10-18-36-66(53)77/h1-43H. The SMILES string of the molecule is c1ccc(N2c3ccccc3C3(c4cc5c(cc42)C2(c4ccccc4-c4ccccc42)c2ccccc2-5)c2cc(-n4c5ccccc5c5ccccc54)cnc2-c2ncc(-n4c5ccccc5c5ccccc54)cc23)cc1. The monoisotopic (exact) mass is 977 g/mol. The number of benzene rings is 10. The average Bonchev–Trinajstić information content (AvgIpc) is 4.39. The van der Waals surface area contributed by atoms with Crippen LogP contribution >= 0.6 is 0 Å². The predicted molar refractivity (Wildman–Crippen MR) is 313 cm³/mol. The van der Waals surface area contributed by atoms with E-state index in [-0.39, 0.29) is 0 Å². The Balaban J connectivity index is 1.02. The molecule has 10 aromatic carbocycles. The number of fused-ring (bicyclic) bond motifs is 25. The molecule has 0 fully saturated rings. The normalized spacial score (nSPS) is 14.4. The van der Waals surface area contributed by atoms with Crippen molar-refractivity contribution in [1.82, 2.24) is 19.1 Å². The Labute approximate surface area is 443 Å². The molecule has 77 heavy (non-hydrogen) atoms. The van der Waals surface area contributed by atoms with Crippen LogP contribution in [0.4, 0.5) is 17.1 Å². The summed E-state index contributed by atoms with van der Waals surface area (Å²) in [5.74, 6) is 0. The topological polar surface area (TPSA) is 38.9 Å². The molecule has 2 spiro atoms. The van der Waals surface area contributed by atoms with Crippen molar-refractivity contribution < 1.29 is 0 Å². The zero-order chi connectivity index (χ0) is 50.1. The van der Waals surface area contributed by atoms with Crippen molar-refractivity contribution >= 4 is 60.7 Å². The van der Waals surface area contributed by atoms with Crippen LogP contribution < -0.4 is 4.90 Å². The Morgan fingerprint density at radius 1 is 0.260 bits per heavy atom. The van der Waals surface area contributed by atoms with Gasteiger partial charge in [0.05, 0.1) is 79.4 Å². The summed E-state index contributed by atoms with van der Waals surface area (Å²) in [4.78, 5) is 13.8. The fourth-order valence-electron chi connectivity index (χ4n) is 15.0. The van der Waals surface area contributed by atoms with Crippen molar-refractivity contribution in [1.29, 1.82) is 0 Å². The molecule has 0 saturated heterocycles. The highest BCUT2D eigenvalue weighted by Crippen LogP contribution is 2.68. The van der Waals surface area contributed by atoms with Gasteiger partial charge >= 0.3 is 0 Å². The minimum atomic E-state index is -0.906. The summed E-state index contributed by atoms with van der Waals surface area (Å²) in [6.07, 6.45) is 4.15. The van der Waals surface area contributed by atoms with Gasteiger partial charge in [-0.15, -0.1) is 0 Å². The molecule has 5 heteroatoms. The van der Waals surface area contributed by atoms with Crippen molar-refractivity contribution in [3.63, 3.8) is 0 Å². The first-order chi connectivity index (χ1) is 38.2. The van der Waals surface area contributed by atoms with Gasteiger partial charge in [0.15, 0.2) is 0 Å². The maximum absolute atomic E-state index is 5.65. The zero-order valence-corrected chi connectivity index (χ0v) is 41.6. The van der Waals surface area contributed by atoms with Crippen LogP contribution in [0.3, 0.4) is 0 Å². The fraction of sp³-hybridized carbons (Fsp3) is 0.0278. The second-order valence-electron chi connectivity index (χ2n) is 21.2. The molecule has 4 aliphatic rings. The fourth-order valence-corrected chi connectivity index (χ4v) is 15.0. The summed E-state index contributed by atoms with van der Waals surface area (Å²) in [7, 11) is 0. The van der Waals surface area contributed by atoms with E-state index in [1.807, 2.05) is 0 Å².